The summed E-state index contributed by atoms with van der Waals surface area (Å²) in [6.07, 6.45) is 2.43. The van der Waals surface area contributed by atoms with E-state index in [2.05, 4.69) is 15.8 Å². The molecule has 1 atom stereocenters. The monoisotopic (exact) mass is 554 g/mol. The Bertz CT molecular complexity index is 1390. The number of hydrogen-bond donors (Lipinski definition) is 2. The van der Waals surface area contributed by atoms with Crippen molar-refractivity contribution >= 4 is 39.4 Å². The lowest BCUT2D eigenvalue weighted by Crippen LogP contribution is -2.46. The average Bonchev–Trinajstić information content (AvgIpc) is 2.92. The largest absolute Gasteiger partial charge is 0.497 e. The molecule has 2 N–H and O–H groups in total. The molecular formula is C27H30N4O7S. The van der Waals surface area contributed by atoms with Gasteiger partial charge in [0.25, 0.3) is 11.8 Å². The first-order valence-corrected chi connectivity index (χ1v) is 13.6. The zero-order chi connectivity index (χ0) is 28.4. The van der Waals surface area contributed by atoms with Crippen molar-refractivity contribution in [2.24, 2.45) is 5.10 Å². The molecule has 2 amide bonds. The Morgan fingerprint density at radius 2 is 1.44 bits per heavy atom. The second-order valence-corrected chi connectivity index (χ2v) is 10.2. The normalized spacial score (nSPS) is 11.9. The van der Waals surface area contributed by atoms with Gasteiger partial charge in [-0.3, -0.25) is 13.9 Å². The standard InChI is InChI=1S/C27H30N4O7S/c1-19(31(39(4,34)35)22-9-15-24(37-3)16-10-22)27(33)30-28-17-20-5-11-25(12-6-20)38-18-26(32)29-21-7-13-23(36-2)14-8-21/h5-17,19H,18H2,1-4H3,(H,29,32)(H,30,33)/b28-17+. The Labute approximate surface area is 227 Å². The molecule has 1 unspecified atom stereocenters. The lowest BCUT2D eigenvalue weighted by Gasteiger charge is -2.27. The van der Waals surface area contributed by atoms with E-state index < -0.39 is 22.0 Å². The predicted molar refractivity (Wildman–Crippen MR) is 149 cm³/mol. The molecule has 0 heterocycles. The van der Waals surface area contributed by atoms with E-state index in [4.69, 9.17) is 14.2 Å². The van der Waals surface area contributed by atoms with Crippen molar-refractivity contribution in [3.05, 3.63) is 78.4 Å². The fraction of sp³-hybridized carbons (Fsp3) is 0.222. The number of benzene rings is 3. The molecule has 11 nitrogen and oxygen atoms in total. The Kier molecular flexibility index (Phi) is 9.87. The summed E-state index contributed by atoms with van der Waals surface area (Å²) in [6.45, 7) is 1.28. The number of ether oxygens (including phenoxy) is 3. The molecule has 0 aliphatic rings. The zero-order valence-corrected chi connectivity index (χ0v) is 22.8. The Balaban J connectivity index is 1.52. The summed E-state index contributed by atoms with van der Waals surface area (Å²) < 4.78 is 41.5. The molecular weight excluding hydrogens is 524 g/mol. The van der Waals surface area contributed by atoms with E-state index >= 15 is 0 Å². The first-order chi connectivity index (χ1) is 18.6. The van der Waals surface area contributed by atoms with Crippen molar-refractivity contribution < 1.29 is 32.2 Å². The van der Waals surface area contributed by atoms with Gasteiger partial charge in [-0.2, -0.15) is 5.10 Å². The van der Waals surface area contributed by atoms with Crippen LogP contribution in [0, 0.1) is 0 Å². The van der Waals surface area contributed by atoms with Gasteiger partial charge in [0, 0.05) is 5.69 Å². The van der Waals surface area contributed by atoms with Crippen molar-refractivity contribution in [1.82, 2.24) is 5.43 Å². The van der Waals surface area contributed by atoms with E-state index in [9.17, 15) is 18.0 Å². The van der Waals surface area contributed by atoms with Crippen LogP contribution in [-0.2, 0) is 19.6 Å². The molecule has 0 saturated heterocycles. The number of sulfonamides is 1. The minimum Gasteiger partial charge on any atom is -0.497 e. The number of amides is 2. The summed E-state index contributed by atoms with van der Waals surface area (Å²) in [4.78, 5) is 24.8. The van der Waals surface area contributed by atoms with Gasteiger partial charge < -0.3 is 19.5 Å². The number of rotatable bonds is 12. The molecule has 3 aromatic rings. The second-order valence-electron chi connectivity index (χ2n) is 8.30. The predicted octanol–water partition coefficient (Wildman–Crippen LogP) is 3.03. The second kappa shape index (κ2) is 13.3. The van der Waals surface area contributed by atoms with Gasteiger partial charge in [-0.05, 0) is 85.3 Å². The van der Waals surface area contributed by atoms with E-state index in [0.29, 0.717) is 34.2 Å². The minimum atomic E-state index is -3.76. The fourth-order valence-electron chi connectivity index (χ4n) is 3.47. The average molecular weight is 555 g/mol. The van der Waals surface area contributed by atoms with Crippen LogP contribution >= 0.6 is 0 Å². The molecule has 3 rings (SSSR count). The van der Waals surface area contributed by atoms with Crippen LogP contribution in [0.4, 0.5) is 11.4 Å². The molecule has 39 heavy (non-hydrogen) atoms. The molecule has 0 saturated carbocycles. The van der Waals surface area contributed by atoms with Gasteiger partial charge in [0.1, 0.15) is 23.3 Å². The van der Waals surface area contributed by atoms with Crippen molar-refractivity contribution in [3.63, 3.8) is 0 Å². The van der Waals surface area contributed by atoms with Crippen LogP contribution in [0.2, 0.25) is 0 Å². The fourth-order valence-corrected chi connectivity index (χ4v) is 4.65. The molecule has 0 aromatic heterocycles. The van der Waals surface area contributed by atoms with Crippen LogP contribution in [0.15, 0.2) is 77.9 Å². The lowest BCUT2D eigenvalue weighted by molar-refractivity contribution is -0.121. The van der Waals surface area contributed by atoms with E-state index in [-0.39, 0.29) is 12.5 Å². The first-order valence-electron chi connectivity index (χ1n) is 11.7. The smallest absolute Gasteiger partial charge is 0.263 e. The minimum absolute atomic E-state index is 0.182. The summed E-state index contributed by atoms with van der Waals surface area (Å²) in [5.74, 6) is 0.780. The maximum absolute atomic E-state index is 12.7. The van der Waals surface area contributed by atoms with E-state index in [1.165, 1.54) is 20.2 Å². The quantitative estimate of drug-likeness (QED) is 0.259. The van der Waals surface area contributed by atoms with E-state index in [0.717, 1.165) is 10.6 Å². The molecule has 206 valence electrons. The molecule has 0 aliphatic heterocycles. The van der Waals surface area contributed by atoms with Gasteiger partial charge in [0.15, 0.2) is 6.61 Å². The van der Waals surface area contributed by atoms with Gasteiger partial charge >= 0.3 is 0 Å². The van der Waals surface area contributed by atoms with Gasteiger partial charge in [-0.25, -0.2) is 13.8 Å². The summed E-state index contributed by atoms with van der Waals surface area (Å²) >= 11 is 0. The number of nitrogens with one attached hydrogen (secondary N) is 2. The zero-order valence-electron chi connectivity index (χ0n) is 22.0. The van der Waals surface area contributed by atoms with Crippen molar-refractivity contribution in [3.8, 4) is 17.2 Å². The molecule has 0 radical (unpaired) electrons. The summed E-state index contributed by atoms with van der Waals surface area (Å²) in [7, 11) is -0.698. The van der Waals surface area contributed by atoms with Crippen LogP contribution in [0.25, 0.3) is 0 Å². The number of carbonyl (C=O) groups is 2. The van der Waals surface area contributed by atoms with Crippen molar-refractivity contribution in [2.45, 2.75) is 13.0 Å². The Morgan fingerprint density at radius 3 is 1.97 bits per heavy atom. The Morgan fingerprint density at radius 1 is 0.897 bits per heavy atom. The number of methoxy groups -OCH3 is 2. The van der Waals surface area contributed by atoms with Gasteiger partial charge in [-0.1, -0.05) is 0 Å². The highest BCUT2D eigenvalue weighted by Gasteiger charge is 2.29. The third-order valence-electron chi connectivity index (χ3n) is 5.43. The molecule has 0 spiro atoms. The SMILES string of the molecule is COc1ccc(NC(=O)COc2ccc(/C=N/NC(=O)C(C)N(c3ccc(OC)cc3)S(C)(=O)=O)cc2)cc1. The molecule has 0 aliphatic carbocycles. The van der Waals surface area contributed by atoms with Gasteiger partial charge in [0.2, 0.25) is 10.0 Å². The molecule has 0 fully saturated rings. The van der Waals surface area contributed by atoms with E-state index in [1.807, 2.05) is 0 Å². The summed E-state index contributed by atoms with van der Waals surface area (Å²) in [6, 6.07) is 18.9. The van der Waals surface area contributed by atoms with Gasteiger partial charge in [-0.15, -0.1) is 0 Å². The van der Waals surface area contributed by atoms with E-state index in [1.54, 1.807) is 79.9 Å². The van der Waals surface area contributed by atoms with Crippen LogP contribution in [0.1, 0.15) is 12.5 Å². The molecule has 3 aromatic carbocycles. The highest BCUT2D eigenvalue weighted by molar-refractivity contribution is 7.92. The highest BCUT2D eigenvalue weighted by Crippen LogP contribution is 2.24. The van der Waals surface area contributed by atoms with Crippen LogP contribution in [0.5, 0.6) is 17.2 Å². The van der Waals surface area contributed by atoms with Crippen LogP contribution < -0.4 is 29.3 Å². The highest BCUT2D eigenvalue weighted by atomic mass is 32.2. The summed E-state index contributed by atoms with van der Waals surface area (Å²) in [5, 5.41) is 6.66. The third kappa shape index (κ3) is 8.47. The number of carbonyl (C=O) groups excluding carboxylic acids is 2. The van der Waals surface area contributed by atoms with Crippen molar-refractivity contribution in [2.75, 3.05) is 36.7 Å². The third-order valence-corrected chi connectivity index (χ3v) is 6.67. The molecule has 0 bridgehead atoms. The number of hydrazone groups is 1. The maximum atomic E-state index is 12.7. The van der Waals surface area contributed by atoms with Crippen LogP contribution in [0.3, 0.4) is 0 Å². The first kappa shape index (κ1) is 29.0. The number of hydrogen-bond acceptors (Lipinski definition) is 8. The van der Waals surface area contributed by atoms with Gasteiger partial charge in [0.05, 0.1) is 32.4 Å². The van der Waals surface area contributed by atoms with Crippen LogP contribution in [-0.4, -0.2) is 59.6 Å². The number of anilines is 2. The summed E-state index contributed by atoms with van der Waals surface area (Å²) in [5.41, 5.74) is 3.95. The molecule has 12 heteroatoms. The topological polar surface area (TPSA) is 136 Å². The lowest BCUT2D eigenvalue weighted by atomic mass is 10.2. The number of nitrogens with zero attached hydrogens (tertiary/aromatic N) is 2. The Hall–Kier alpha value is -4.58. The van der Waals surface area contributed by atoms with Crippen molar-refractivity contribution in [1.29, 1.82) is 0 Å². The maximum Gasteiger partial charge on any atom is 0.263 e.